The summed E-state index contributed by atoms with van der Waals surface area (Å²) in [5, 5.41) is 0. The number of Topliss-reactive ketones (excluding diaryl/α,β-unsaturated/α-hetero) is 1. The number of fused-ring (bicyclic) bond motifs is 1. The van der Waals surface area contributed by atoms with Crippen molar-refractivity contribution in [2.24, 2.45) is 5.92 Å². The normalized spacial score (nSPS) is 11.1. The summed E-state index contributed by atoms with van der Waals surface area (Å²) >= 11 is 0. The number of nitrogens with zero attached hydrogens (tertiary/aromatic N) is 1. The Hall–Kier alpha value is -1.97. The van der Waals surface area contributed by atoms with E-state index in [-0.39, 0.29) is 17.3 Å². The number of carbonyl (C=O) groups excluding carboxylic acids is 1. The van der Waals surface area contributed by atoms with Gasteiger partial charge in [-0.05, 0) is 24.6 Å². The standard InChI is InChI=1S/C14H16N2O2/c1-4-10-14(18)16-11-6-5-9(7-12(11)15-10)13(17)8(2)3/h5-8H,4H2,1-3H3,(H,16,18). The first-order chi connectivity index (χ1) is 8.52. The molecule has 0 amide bonds. The maximum atomic E-state index is 11.9. The molecule has 0 atom stereocenters. The van der Waals surface area contributed by atoms with E-state index in [1.807, 2.05) is 20.8 Å². The molecule has 1 aromatic heterocycles. The van der Waals surface area contributed by atoms with E-state index in [0.29, 0.717) is 28.7 Å². The first kappa shape index (κ1) is 12.5. The van der Waals surface area contributed by atoms with Gasteiger partial charge in [0.05, 0.1) is 11.0 Å². The second-order valence-corrected chi connectivity index (χ2v) is 4.62. The molecule has 1 aromatic carbocycles. The van der Waals surface area contributed by atoms with E-state index in [4.69, 9.17) is 0 Å². The fourth-order valence-electron chi connectivity index (χ4n) is 1.85. The summed E-state index contributed by atoms with van der Waals surface area (Å²) in [7, 11) is 0. The fraction of sp³-hybridized carbons (Fsp3) is 0.357. The van der Waals surface area contributed by atoms with Crippen molar-refractivity contribution in [2.75, 3.05) is 0 Å². The maximum Gasteiger partial charge on any atom is 0.270 e. The summed E-state index contributed by atoms with van der Waals surface area (Å²) in [6, 6.07) is 5.21. The van der Waals surface area contributed by atoms with Crippen molar-refractivity contribution < 1.29 is 4.79 Å². The SMILES string of the molecule is CCc1nc2cc(C(=O)C(C)C)ccc2[nH]c1=O. The Morgan fingerprint density at radius 1 is 1.39 bits per heavy atom. The van der Waals surface area contributed by atoms with Crippen molar-refractivity contribution in [2.45, 2.75) is 27.2 Å². The molecule has 2 rings (SSSR count). The van der Waals surface area contributed by atoms with E-state index < -0.39 is 0 Å². The molecule has 1 heterocycles. The average molecular weight is 244 g/mol. The minimum Gasteiger partial charge on any atom is -0.319 e. The van der Waals surface area contributed by atoms with Gasteiger partial charge in [-0.25, -0.2) is 4.98 Å². The summed E-state index contributed by atoms with van der Waals surface area (Å²) in [5.41, 5.74) is 2.30. The van der Waals surface area contributed by atoms with Gasteiger partial charge in [0.2, 0.25) is 0 Å². The zero-order valence-corrected chi connectivity index (χ0v) is 10.8. The Morgan fingerprint density at radius 3 is 2.72 bits per heavy atom. The van der Waals surface area contributed by atoms with Crippen molar-refractivity contribution in [3.05, 3.63) is 39.8 Å². The molecule has 2 aromatic rings. The lowest BCUT2D eigenvalue weighted by molar-refractivity contribution is 0.0939. The molecule has 0 aliphatic rings. The molecule has 94 valence electrons. The number of aromatic amines is 1. The third-order valence-corrected chi connectivity index (χ3v) is 2.91. The molecule has 0 radical (unpaired) electrons. The van der Waals surface area contributed by atoms with Gasteiger partial charge in [0, 0.05) is 11.5 Å². The highest BCUT2D eigenvalue weighted by Crippen LogP contribution is 2.14. The van der Waals surface area contributed by atoms with Crippen molar-refractivity contribution in [3.63, 3.8) is 0 Å². The van der Waals surface area contributed by atoms with Crippen LogP contribution < -0.4 is 5.56 Å². The summed E-state index contributed by atoms with van der Waals surface area (Å²) in [6.45, 7) is 5.61. The predicted octanol–water partition coefficient (Wildman–Crippen LogP) is 2.32. The van der Waals surface area contributed by atoms with Gasteiger partial charge in [-0.3, -0.25) is 9.59 Å². The van der Waals surface area contributed by atoms with Crippen LogP contribution in [-0.2, 0) is 6.42 Å². The average Bonchev–Trinajstić information content (AvgIpc) is 2.36. The summed E-state index contributed by atoms with van der Waals surface area (Å²) in [5.74, 6) is 0.0406. The van der Waals surface area contributed by atoms with E-state index in [9.17, 15) is 9.59 Å². The monoisotopic (exact) mass is 244 g/mol. The van der Waals surface area contributed by atoms with Crippen molar-refractivity contribution in [1.29, 1.82) is 0 Å². The van der Waals surface area contributed by atoms with Crippen LogP contribution >= 0.6 is 0 Å². The molecule has 4 heteroatoms. The Balaban J connectivity index is 2.61. The van der Waals surface area contributed by atoms with Crippen LogP contribution in [0.1, 0.15) is 36.8 Å². The molecule has 1 N–H and O–H groups in total. The smallest absolute Gasteiger partial charge is 0.270 e. The van der Waals surface area contributed by atoms with Gasteiger partial charge in [-0.15, -0.1) is 0 Å². The maximum absolute atomic E-state index is 11.9. The summed E-state index contributed by atoms with van der Waals surface area (Å²) < 4.78 is 0. The second kappa shape index (κ2) is 4.72. The van der Waals surface area contributed by atoms with Crippen LogP contribution in [0.2, 0.25) is 0 Å². The lowest BCUT2D eigenvalue weighted by Gasteiger charge is -2.06. The zero-order chi connectivity index (χ0) is 13.3. The number of ketones is 1. The van der Waals surface area contributed by atoms with Crippen molar-refractivity contribution in [3.8, 4) is 0 Å². The third kappa shape index (κ3) is 2.18. The van der Waals surface area contributed by atoms with E-state index in [1.165, 1.54) is 0 Å². The minimum atomic E-state index is -0.159. The molecular weight excluding hydrogens is 228 g/mol. The van der Waals surface area contributed by atoms with E-state index >= 15 is 0 Å². The number of carbonyl (C=O) groups is 1. The highest BCUT2D eigenvalue weighted by atomic mass is 16.1. The molecule has 0 saturated carbocycles. The number of benzene rings is 1. The number of aryl methyl sites for hydroxylation is 1. The number of hydrogen-bond donors (Lipinski definition) is 1. The van der Waals surface area contributed by atoms with E-state index in [1.54, 1.807) is 18.2 Å². The minimum absolute atomic E-state index is 0.0455. The first-order valence-corrected chi connectivity index (χ1v) is 6.10. The van der Waals surface area contributed by atoms with E-state index in [2.05, 4.69) is 9.97 Å². The Bertz CT molecular complexity index is 656. The lowest BCUT2D eigenvalue weighted by Crippen LogP contribution is -2.15. The molecule has 0 aliphatic carbocycles. The van der Waals surface area contributed by atoms with Gasteiger partial charge < -0.3 is 4.98 Å². The summed E-state index contributed by atoms with van der Waals surface area (Å²) in [4.78, 5) is 30.6. The van der Waals surface area contributed by atoms with Crippen LogP contribution in [0, 0.1) is 5.92 Å². The third-order valence-electron chi connectivity index (χ3n) is 2.91. The van der Waals surface area contributed by atoms with Gasteiger partial charge in [-0.1, -0.05) is 20.8 Å². The van der Waals surface area contributed by atoms with Crippen LogP contribution in [0.3, 0.4) is 0 Å². The Kier molecular flexibility index (Phi) is 3.28. The van der Waals surface area contributed by atoms with E-state index in [0.717, 1.165) is 0 Å². The van der Waals surface area contributed by atoms with Gasteiger partial charge in [0.15, 0.2) is 5.78 Å². The van der Waals surface area contributed by atoms with Crippen LogP contribution in [0.4, 0.5) is 0 Å². The van der Waals surface area contributed by atoms with Gasteiger partial charge in [0.1, 0.15) is 5.69 Å². The molecule has 0 saturated heterocycles. The van der Waals surface area contributed by atoms with Crippen LogP contribution in [0.5, 0.6) is 0 Å². The molecule has 0 aliphatic heterocycles. The van der Waals surface area contributed by atoms with Crippen molar-refractivity contribution in [1.82, 2.24) is 9.97 Å². The number of rotatable bonds is 3. The molecule has 0 fully saturated rings. The van der Waals surface area contributed by atoms with Crippen LogP contribution in [-0.4, -0.2) is 15.8 Å². The molecule has 0 bridgehead atoms. The highest BCUT2D eigenvalue weighted by molar-refractivity contribution is 5.99. The quantitative estimate of drug-likeness (QED) is 0.843. The lowest BCUT2D eigenvalue weighted by atomic mass is 10.0. The molecule has 0 spiro atoms. The number of aromatic nitrogens is 2. The van der Waals surface area contributed by atoms with Crippen LogP contribution in [0.25, 0.3) is 11.0 Å². The van der Waals surface area contributed by atoms with Crippen molar-refractivity contribution >= 4 is 16.8 Å². The highest BCUT2D eigenvalue weighted by Gasteiger charge is 2.12. The molecule has 18 heavy (non-hydrogen) atoms. The second-order valence-electron chi connectivity index (χ2n) is 4.62. The molecule has 4 nitrogen and oxygen atoms in total. The van der Waals surface area contributed by atoms with Gasteiger partial charge in [-0.2, -0.15) is 0 Å². The largest absolute Gasteiger partial charge is 0.319 e. The zero-order valence-electron chi connectivity index (χ0n) is 10.8. The van der Waals surface area contributed by atoms with Gasteiger partial charge >= 0.3 is 0 Å². The molecular formula is C14H16N2O2. The van der Waals surface area contributed by atoms with Crippen LogP contribution in [0.15, 0.2) is 23.0 Å². The number of H-pyrrole nitrogens is 1. The Labute approximate surface area is 105 Å². The Morgan fingerprint density at radius 2 is 2.11 bits per heavy atom. The number of hydrogen-bond acceptors (Lipinski definition) is 3. The predicted molar refractivity (Wildman–Crippen MR) is 70.9 cm³/mol. The topological polar surface area (TPSA) is 62.8 Å². The fourth-order valence-corrected chi connectivity index (χ4v) is 1.85. The van der Waals surface area contributed by atoms with Gasteiger partial charge in [0.25, 0.3) is 5.56 Å². The first-order valence-electron chi connectivity index (χ1n) is 6.10. The summed E-state index contributed by atoms with van der Waals surface area (Å²) in [6.07, 6.45) is 0.577. The molecule has 0 unspecified atom stereocenters. The number of nitrogens with one attached hydrogen (secondary N) is 1.